The van der Waals surface area contributed by atoms with Gasteiger partial charge in [-0.25, -0.2) is 4.79 Å². The molecule has 2 fully saturated rings. The number of carbonyl (C=O) groups excluding carboxylic acids is 1. The van der Waals surface area contributed by atoms with Crippen molar-refractivity contribution in [2.24, 2.45) is 5.11 Å². The van der Waals surface area contributed by atoms with E-state index in [1.807, 2.05) is 30.3 Å². The van der Waals surface area contributed by atoms with Gasteiger partial charge in [0, 0.05) is 17.0 Å². The number of fused-ring (bicyclic) bond motifs is 1. The van der Waals surface area contributed by atoms with E-state index in [0.717, 1.165) is 5.56 Å². The number of likely N-dealkylation sites (tertiary alicyclic amines) is 1. The third kappa shape index (κ3) is 4.33. The molecule has 27 heavy (non-hydrogen) atoms. The third-order valence-corrected chi connectivity index (χ3v) is 4.49. The summed E-state index contributed by atoms with van der Waals surface area (Å²) in [6.07, 6.45) is -3.05. The maximum atomic E-state index is 12.7. The lowest BCUT2D eigenvalue weighted by atomic mass is 9.92. The molecule has 0 bridgehead atoms. The molecule has 2 aliphatic rings. The molecule has 2 heterocycles. The molecular weight excluding hydrogens is 352 g/mol. The molecule has 3 rings (SSSR count). The summed E-state index contributed by atoms with van der Waals surface area (Å²) in [6, 6.07) is 7.95. The molecule has 0 aromatic heterocycles. The Morgan fingerprint density at radius 2 is 2.07 bits per heavy atom. The second kappa shape index (κ2) is 7.74. The lowest BCUT2D eigenvalue weighted by Crippen LogP contribution is -2.66. The minimum Gasteiger partial charge on any atom is -0.444 e. The molecule has 2 saturated heterocycles. The summed E-state index contributed by atoms with van der Waals surface area (Å²) < 4.78 is 17.2. The molecule has 1 N–H and O–H groups in total. The van der Waals surface area contributed by atoms with Gasteiger partial charge in [0.05, 0.1) is 24.8 Å². The zero-order chi connectivity index (χ0) is 19.6. The summed E-state index contributed by atoms with van der Waals surface area (Å²) in [6.45, 7) is 5.51. The second-order valence-electron chi connectivity index (χ2n) is 7.64. The minimum atomic E-state index is -1.06. The van der Waals surface area contributed by atoms with Gasteiger partial charge >= 0.3 is 6.09 Å². The number of ether oxygens (including phenoxy) is 3. The van der Waals surface area contributed by atoms with Crippen LogP contribution in [0.3, 0.4) is 0 Å². The topological polar surface area (TPSA) is 117 Å². The quantitative estimate of drug-likeness (QED) is 0.484. The number of piperidine rings is 1. The fraction of sp³-hybridized carbons (Fsp3) is 0.611. The number of hydrogen-bond donors (Lipinski definition) is 1. The Balaban J connectivity index is 1.84. The Hall–Kier alpha value is -2.32. The Labute approximate surface area is 157 Å². The molecule has 9 heteroatoms. The maximum Gasteiger partial charge on any atom is 0.410 e. The van der Waals surface area contributed by atoms with Gasteiger partial charge in [-0.1, -0.05) is 35.4 Å². The van der Waals surface area contributed by atoms with Gasteiger partial charge in [0.1, 0.15) is 11.7 Å². The standard InChI is InChI=1S/C18H24N4O5/c1-18(2,3)27-17(24)22-9-12(20-21-19)14(23)15-13(22)10-25-16(26-15)11-7-5-4-6-8-11/h4-8,12-16,23H,9-10H2,1-3H3/t12-,13+,14+,15+,16?/m0/s1. The van der Waals surface area contributed by atoms with Crippen LogP contribution in [0.4, 0.5) is 4.79 Å². The number of benzene rings is 1. The molecule has 5 atom stereocenters. The molecule has 9 nitrogen and oxygen atoms in total. The largest absolute Gasteiger partial charge is 0.444 e. The highest BCUT2D eigenvalue weighted by atomic mass is 16.7. The fourth-order valence-corrected chi connectivity index (χ4v) is 3.28. The van der Waals surface area contributed by atoms with Crippen molar-refractivity contribution >= 4 is 6.09 Å². The molecule has 2 aliphatic heterocycles. The Kier molecular flexibility index (Phi) is 5.57. The minimum absolute atomic E-state index is 0.0318. The van der Waals surface area contributed by atoms with Crippen LogP contribution in [0.1, 0.15) is 32.6 Å². The first-order chi connectivity index (χ1) is 12.8. The number of azide groups is 1. The average molecular weight is 376 g/mol. The summed E-state index contributed by atoms with van der Waals surface area (Å²) in [4.78, 5) is 16.9. The fourth-order valence-electron chi connectivity index (χ4n) is 3.28. The van der Waals surface area contributed by atoms with Gasteiger partial charge in [0.25, 0.3) is 0 Å². The Bertz CT molecular complexity index is 716. The van der Waals surface area contributed by atoms with Crippen LogP contribution in [0, 0.1) is 0 Å². The van der Waals surface area contributed by atoms with Crippen LogP contribution in [0.25, 0.3) is 10.4 Å². The first-order valence-corrected chi connectivity index (χ1v) is 8.84. The van der Waals surface area contributed by atoms with Gasteiger partial charge < -0.3 is 19.3 Å². The number of rotatable bonds is 2. The van der Waals surface area contributed by atoms with E-state index in [2.05, 4.69) is 10.0 Å². The van der Waals surface area contributed by atoms with Crippen LogP contribution in [0.5, 0.6) is 0 Å². The molecule has 146 valence electrons. The predicted octanol–water partition coefficient (Wildman–Crippen LogP) is 2.76. The number of hydrogen-bond acceptors (Lipinski definition) is 6. The summed E-state index contributed by atoms with van der Waals surface area (Å²) >= 11 is 0. The second-order valence-corrected chi connectivity index (χ2v) is 7.64. The zero-order valence-electron chi connectivity index (χ0n) is 15.6. The normalized spacial score (nSPS) is 30.8. The van der Waals surface area contributed by atoms with Crippen LogP contribution in [-0.2, 0) is 14.2 Å². The Morgan fingerprint density at radius 1 is 1.37 bits per heavy atom. The van der Waals surface area contributed by atoms with Crippen molar-refractivity contribution in [3.05, 3.63) is 46.3 Å². The van der Waals surface area contributed by atoms with Crippen molar-refractivity contribution < 1.29 is 24.1 Å². The average Bonchev–Trinajstić information content (AvgIpc) is 2.63. The lowest BCUT2D eigenvalue weighted by Gasteiger charge is -2.49. The Morgan fingerprint density at radius 3 is 2.70 bits per heavy atom. The van der Waals surface area contributed by atoms with Gasteiger partial charge in [-0.2, -0.15) is 0 Å². The van der Waals surface area contributed by atoms with Crippen LogP contribution >= 0.6 is 0 Å². The molecular formula is C18H24N4O5. The first kappa shape index (κ1) is 19.4. The highest BCUT2D eigenvalue weighted by molar-refractivity contribution is 5.69. The summed E-state index contributed by atoms with van der Waals surface area (Å²) in [5.74, 6) is 0. The van der Waals surface area contributed by atoms with Gasteiger partial charge in [0.15, 0.2) is 6.29 Å². The molecule has 1 aromatic rings. The van der Waals surface area contributed by atoms with Crippen molar-refractivity contribution in [3.63, 3.8) is 0 Å². The molecule has 1 amide bonds. The van der Waals surface area contributed by atoms with Gasteiger partial charge in [-0.15, -0.1) is 0 Å². The smallest absolute Gasteiger partial charge is 0.410 e. The van der Waals surface area contributed by atoms with E-state index in [0.29, 0.717) is 0 Å². The summed E-state index contributed by atoms with van der Waals surface area (Å²) in [5, 5.41) is 14.3. The van der Waals surface area contributed by atoms with E-state index < -0.39 is 42.3 Å². The van der Waals surface area contributed by atoms with E-state index >= 15 is 0 Å². The first-order valence-electron chi connectivity index (χ1n) is 8.84. The SMILES string of the molecule is CC(C)(C)OC(=O)N1C[C@H](N=[N+]=[N-])[C@@H](O)[C@@H]2OC(c3ccccc3)OC[C@H]21. The van der Waals surface area contributed by atoms with Gasteiger partial charge in [0.2, 0.25) is 0 Å². The van der Waals surface area contributed by atoms with Crippen molar-refractivity contribution in [2.45, 2.75) is 57.0 Å². The summed E-state index contributed by atoms with van der Waals surface area (Å²) in [7, 11) is 0. The van der Waals surface area contributed by atoms with E-state index in [9.17, 15) is 9.90 Å². The van der Waals surface area contributed by atoms with Crippen molar-refractivity contribution in [1.29, 1.82) is 0 Å². The van der Waals surface area contributed by atoms with Gasteiger partial charge in [-0.3, -0.25) is 4.90 Å². The highest BCUT2D eigenvalue weighted by Gasteiger charge is 2.49. The number of carbonyl (C=O) groups is 1. The maximum absolute atomic E-state index is 12.7. The van der Waals surface area contributed by atoms with Crippen LogP contribution in [-0.4, -0.2) is 59.1 Å². The molecule has 0 aliphatic carbocycles. The highest BCUT2D eigenvalue weighted by Crippen LogP contribution is 2.34. The van der Waals surface area contributed by atoms with E-state index in [1.54, 1.807) is 20.8 Å². The predicted molar refractivity (Wildman–Crippen MR) is 95.7 cm³/mol. The molecule has 0 saturated carbocycles. The van der Waals surface area contributed by atoms with Gasteiger partial charge in [-0.05, 0) is 26.3 Å². The van der Waals surface area contributed by atoms with Crippen LogP contribution in [0.15, 0.2) is 35.4 Å². The van der Waals surface area contributed by atoms with E-state index in [4.69, 9.17) is 19.7 Å². The van der Waals surface area contributed by atoms with Crippen molar-refractivity contribution in [3.8, 4) is 0 Å². The van der Waals surface area contributed by atoms with Crippen LogP contribution < -0.4 is 0 Å². The van der Waals surface area contributed by atoms with E-state index in [-0.39, 0.29) is 13.2 Å². The third-order valence-electron chi connectivity index (χ3n) is 4.49. The number of aliphatic hydroxyl groups excluding tert-OH is 1. The zero-order valence-corrected chi connectivity index (χ0v) is 15.6. The lowest BCUT2D eigenvalue weighted by molar-refractivity contribution is -0.273. The molecule has 1 aromatic carbocycles. The molecule has 1 unspecified atom stereocenters. The monoisotopic (exact) mass is 376 g/mol. The summed E-state index contributed by atoms with van der Waals surface area (Å²) in [5.41, 5.74) is 8.94. The van der Waals surface area contributed by atoms with Crippen molar-refractivity contribution in [2.75, 3.05) is 13.2 Å². The number of amides is 1. The van der Waals surface area contributed by atoms with Crippen molar-refractivity contribution in [1.82, 2.24) is 4.90 Å². The number of nitrogens with zero attached hydrogens (tertiary/aromatic N) is 4. The number of aliphatic hydroxyl groups is 1. The molecule has 0 radical (unpaired) electrons. The van der Waals surface area contributed by atoms with E-state index in [1.165, 1.54) is 4.90 Å². The van der Waals surface area contributed by atoms with Crippen LogP contribution in [0.2, 0.25) is 0 Å². The molecule has 0 spiro atoms.